The summed E-state index contributed by atoms with van der Waals surface area (Å²) in [6.07, 6.45) is 1.92. The molecule has 0 aliphatic rings. The largest absolute Gasteiger partial charge is 0.396 e. The third-order valence-corrected chi connectivity index (χ3v) is 3.01. The van der Waals surface area contributed by atoms with Crippen LogP contribution in [-0.4, -0.2) is 23.7 Å². The molecule has 0 aliphatic heterocycles. The highest BCUT2D eigenvalue weighted by Gasteiger charge is 2.10. The number of aliphatic hydroxyl groups is 1. The molecule has 15 heavy (non-hydrogen) atoms. The van der Waals surface area contributed by atoms with Gasteiger partial charge in [0.25, 0.3) is 0 Å². The zero-order chi connectivity index (χ0) is 11.1. The number of amides is 1. The van der Waals surface area contributed by atoms with Crippen LogP contribution in [0, 0.1) is 0 Å². The smallest absolute Gasteiger partial charge is 0.224 e. The van der Waals surface area contributed by atoms with Gasteiger partial charge in [0.05, 0.1) is 6.42 Å². The topological polar surface area (TPSA) is 49.3 Å². The lowest BCUT2D eigenvalue weighted by Gasteiger charge is -2.15. The fraction of sp³-hybridized carbons (Fsp3) is 0.545. The van der Waals surface area contributed by atoms with Crippen LogP contribution in [0.4, 0.5) is 0 Å². The maximum absolute atomic E-state index is 11.6. The Morgan fingerprint density at radius 1 is 1.67 bits per heavy atom. The van der Waals surface area contributed by atoms with E-state index in [9.17, 15) is 4.79 Å². The van der Waals surface area contributed by atoms with Crippen LogP contribution in [0.25, 0.3) is 0 Å². The molecule has 0 radical (unpaired) electrons. The van der Waals surface area contributed by atoms with E-state index in [0.717, 1.165) is 12.0 Å². The molecule has 2 N–H and O–H groups in total. The average Bonchev–Trinajstić information content (AvgIpc) is 2.69. The summed E-state index contributed by atoms with van der Waals surface area (Å²) in [6.45, 7) is 2.13. The molecule has 0 bridgehead atoms. The highest BCUT2D eigenvalue weighted by Crippen LogP contribution is 2.07. The Bertz CT molecular complexity index is 285. The quantitative estimate of drug-likeness (QED) is 0.775. The van der Waals surface area contributed by atoms with Crippen LogP contribution in [0.15, 0.2) is 16.8 Å². The van der Waals surface area contributed by atoms with Crippen molar-refractivity contribution in [2.45, 2.75) is 32.2 Å². The zero-order valence-corrected chi connectivity index (χ0v) is 9.72. The Balaban J connectivity index is 2.34. The summed E-state index contributed by atoms with van der Waals surface area (Å²) >= 11 is 1.60. The van der Waals surface area contributed by atoms with E-state index in [0.29, 0.717) is 12.8 Å². The molecule has 3 nitrogen and oxygen atoms in total. The van der Waals surface area contributed by atoms with E-state index in [4.69, 9.17) is 5.11 Å². The van der Waals surface area contributed by atoms with Crippen molar-refractivity contribution < 1.29 is 9.90 Å². The van der Waals surface area contributed by atoms with Crippen LogP contribution in [0.2, 0.25) is 0 Å². The van der Waals surface area contributed by atoms with E-state index >= 15 is 0 Å². The van der Waals surface area contributed by atoms with Gasteiger partial charge in [0.15, 0.2) is 0 Å². The fourth-order valence-corrected chi connectivity index (χ4v) is 2.06. The number of aliphatic hydroxyl groups excluding tert-OH is 1. The van der Waals surface area contributed by atoms with Gasteiger partial charge in [-0.2, -0.15) is 11.3 Å². The molecular formula is C11H17NO2S. The first kappa shape index (κ1) is 12.2. The fourth-order valence-electron chi connectivity index (χ4n) is 1.39. The zero-order valence-electron chi connectivity index (χ0n) is 8.90. The normalized spacial score (nSPS) is 12.4. The molecule has 0 aromatic carbocycles. The lowest BCUT2D eigenvalue weighted by Crippen LogP contribution is -2.35. The molecule has 1 aromatic heterocycles. The van der Waals surface area contributed by atoms with E-state index in [-0.39, 0.29) is 18.6 Å². The Hall–Kier alpha value is -0.870. The van der Waals surface area contributed by atoms with Crippen molar-refractivity contribution in [2.75, 3.05) is 6.61 Å². The number of nitrogens with one attached hydrogen (secondary N) is 1. The Labute approximate surface area is 94.1 Å². The molecule has 1 atom stereocenters. The molecule has 0 aliphatic carbocycles. The van der Waals surface area contributed by atoms with Crippen LogP contribution in [-0.2, 0) is 11.2 Å². The van der Waals surface area contributed by atoms with E-state index < -0.39 is 0 Å². The summed E-state index contributed by atoms with van der Waals surface area (Å²) in [5, 5.41) is 15.6. The third-order valence-electron chi connectivity index (χ3n) is 2.28. The predicted molar refractivity (Wildman–Crippen MR) is 61.9 cm³/mol. The van der Waals surface area contributed by atoms with Crippen LogP contribution in [0.3, 0.4) is 0 Å². The summed E-state index contributed by atoms with van der Waals surface area (Å²) in [6, 6.07) is 2.05. The predicted octanol–water partition coefficient (Wildman–Crippen LogP) is 1.57. The van der Waals surface area contributed by atoms with Gasteiger partial charge in [-0.15, -0.1) is 0 Å². The average molecular weight is 227 g/mol. The Morgan fingerprint density at radius 2 is 2.47 bits per heavy atom. The SMILES string of the molecule is CCC(CCO)NC(=O)Cc1ccsc1. The summed E-state index contributed by atoms with van der Waals surface area (Å²) in [5.74, 6) is 0.0358. The van der Waals surface area contributed by atoms with E-state index in [2.05, 4.69) is 5.32 Å². The van der Waals surface area contributed by atoms with Crippen molar-refractivity contribution in [3.63, 3.8) is 0 Å². The Morgan fingerprint density at radius 3 is 3.00 bits per heavy atom. The van der Waals surface area contributed by atoms with Gasteiger partial charge in [-0.25, -0.2) is 0 Å². The van der Waals surface area contributed by atoms with Crippen LogP contribution in [0.5, 0.6) is 0 Å². The molecule has 1 amide bonds. The van der Waals surface area contributed by atoms with Crippen molar-refractivity contribution in [3.8, 4) is 0 Å². The number of rotatable bonds is 6. The second kappa shape index (κ2) is 6.58. The maximum Gasteiger partial charge on any atom is 0.224 e. The first-order chi connectivity index (χ1) is 7.26. The minimum absolute atomic E-state index is 0.0358. The van der Waals surface area contributed by atoms with Gasteiger partial charge in [-0.3, -0.25) is 4.79 Å². The van der Waals surface area contributed by atoms with Crippen molar-refractivity contribution in [1.29, 1.82) is 0 Å². The number of hydrogen-bond acceptors (Lipinski definition) is 3. The van der Waals surface area contributed by atoms with Gasteiger partial charge in [-0.05, 0) is 35.2 Å². The Kier molecular flexibility index (Phi) is 5.36. The van der Waals surface area contributed by atoms with Crippen LogP contribution in [0.1, 0.15) is 25.3 Å². The van der Waals surface area contributed by atoms with E-state index in [1.54, 1.807) is 11.3 Å². The third kappa shape index (κ3) is 4.44. The highest BCUT2D eigenvalue weighted by molar-refractivity contribution is 7.07. The van der Waals surface area contributed by atoms with Gasteiger partial charge >= 0.3 is 0 Å². The van der Waals surface area contributed by atoms with Crippen molar-refractivity contribution in [3.05, 3.63) is 22.4 Å². The molecule has 0 fully saturated rings. The molecular weight excluding hydrogens is 210 g/mol. The molecule has 4 heteroatoms. The van der Waals surface area contributed by atoms with Crippen molar-refractivity contribution >= 4 is 17.2 Å². The van der Waals surface area contributed by atoms with Crippen LogP contribution >= 0.6 is 11.3 Å². The van der Waals surface area contributed by atoms with Gasteiger partial charge in [-0.1, -0.05) is 6.92 Å². The van der Waals surface area contributed by atoms with Gasteiger partial charge in [0.1, 0.15) is 0 Å². The summed E-state index contributed by atoms with van der Waals surface area (Å²) in [4.78, 5) is 11.6. The molecule has 0 spiro atoms. The van der Waals surface area contributed by atoms with Gasteiger partial charge in [0, 0.05) is 12.6 Å². The molecule has 0 saturated carbocycles. The second-order valence-electron chi connectivity index (χ2n) is 3.49. The molecule has 1 rings (SSSR count). The maximum atomic E-state index is 11.6. The number of carbonyl (C=O) groups excluding carboxylic acids is 1. The first-order valence-corrected chi connectivity index (χ1v) is 6.11. The molecule has 1 aromatic rings. The highest BCUT2D eigenvalue weighted by atomic mass is 32.1. The summed E-state index contributed by atoms with van der Waals surface area (Å²) < 4.78 is 0. The number of hydrogen-bond donors (Lipinski definition) is 2. The standard InChI is InChI=1S/C11H17NO2S/c1-2-10(3-5-13)12-11(14)7-9-4-6-15-8-9/h4,6,8,10,13H,2-3,5,7H2,1H3,(H,12,14). The van der Waals surface area contributed by atoms with Crippen LogP contribution < -0.4 is 5.32 Å². The van der Waals surface area contributed by atoms with Gasteiger partial charge < -0.3 is 10.4 Å². The molecule has 1 unspecified atom stereocenters. The molecule has 1 heterocycles. The lowest BCUT2D eigenvalue weighted by molar-refractivity contribution is -0.121. The van der Waals surface area contributed by atoms with E-state index in [1.165, 1.54) is 0 Å². The van der Waals surface area contributed by atoms with E-state index in [1.807, 2.05) is 23.8 Å². The second-order valence-corrected chi connectivity index (χ2v) is 4.27. The minimum atomic E-state index is 0.0358. The number of carbonyl (C=O) groups is 1. The molecule has 84 valence electrons. The minimum Gasteiger partial charge on any atom is -0.396 e. The lowest BCUT2D eigenvalue weighted by atomic mass is 10.1. The van der Waals surface area contributed by atoms with Gasteiger partial charge in [0.2, 0.25) is 5.91 Å². The van der Waals surface area contributed by atoms with Crippen molar-refractivity contribution in [1.82, 2.24) is 5.32 Å². The number of thiophene rings is 1. The monoisotopic (exact) mass is 227 g/mol. The molecule has 0 saturated heterocycles. The first-order valence-electron chi connectivity index (χ1n) is 5.17. The van der Waals surface area contributed by atoms with Crippen molar-refractivity contribution in [2.24, 2.45) is 0 Å². The summed E-state index contributed by atoms with van der Waals surface area (Å²) in [5.41, 5.74) is 1.05. The summed E-state index contributed by atoms with van der Waals surface area (Å²) in [7, 11) is 0.